The van der Waals surface area contributed by atoms with E-state index in [0.29, 0.717) is 0 Å². The van der Waals surface area contributed by atoms with Crippen molar-refractivity contribution in [3.05, 3.63) is 48.3 Å². The lowest BCUT2D eigenvalue weighted by Crippen LogP contribution is -2.17. The van der Waals surface area contributed by atoms with Crippen LogP contribution in [-0.4, -0.2) is 13.5 Å². The minimum atomic E-state index is -4.85. The molecule has 20 heavy (non-hydrogen) atoms. The van der Waals surface area contributed by atoms with Gasteiger partial charge in [0.25, 0.3) is 0 Å². The molecule has 2 aromatic carbocycles. The highest BCUT2D eigenvalue weighted by Gasteiger charge is 2.32. The van der Waals surface area contributed by atoms with Gasteiger partial charge >= 0.3 is 6.36 Å². The minimum Gasteiger partial charge on any atom is -0.496 e. The molecule has 0 radical (unpaired) electrons. The first kappa shape index (κ1) is 14.2. The van der Waals surface area contributed by atoms with Crippen LogP contribution in [0.3, 0.4) is 0 Å². The molecule has 2 aromatic rings. The average Bonchev–Trinajstić information content (AvgIpc) is 2.37. The van der Waals surface area contributed by atoms with Crippen molar-refractivity contribution in [1.29, 1.82) is 0 Å². The molecule has 0 saturated carbocycles. The van der Waals surface area contributed by atoms with Crippen molar-refractivity contribution in [3.63, 3.8) is 0 Å². The Morgan fingerprint density at radius 3 is 2.20 bits per heavy atom. The largest absolute Gasteiger partial charge is 0.573 e. The predicted octanol–water partition coefficient (Wildman–Crippen LogP) is 4.40. The summed E-state index contributed by atoms with van der Waals surface area (Å²) < 4.78 is 59.9. The summed E-state index contributed by atoms with van der Waals surface area (Å²) in [4.78, 5) is 0. The lowest BCUT2D eigenvalue weighted by Gasteiger charge is -2.15. The van der Waals surface area contributed by atoms with Crippen LogP contribution in [0.1, 0.15) is 0 Å². The molecule has 0 saturated heterocycles. The fourth-order valence-electron chi connectivity index (χ4n) is 1.82. The third-order valence-corrected chi connectivity index (χ3v) is 2.58. The molecule has 0 amide bonds. The second-order valence-corrected chi connectivity index (χ2v) is 3.86. The van der Waals surface area contributed by atoms with E-state index in [9.17, 15) is 17.6 Å². The molecular formula is C14H10F4O2. The van der Waals surface area contributed by atoms with Crippen molar-refractivity contribution in [3.8, 4) is 22.6 Å². The van der Waals surface area contributed by atoms with Crippen molar-refractivity contribution < 1.29 is 27.0 Å². The number of ether oxygens (including phenoxy) is 2. The van der Waals surface area contributed by atoms with Crippen LogP contribution in [0.2, 0.25) is 0 Å². The topological polar surface area (TPSA) is 18.5 Å². The first-order valence-electron chi connectivity index (χ1n) is 5.60. The zero-order valence-electron chi connectivity index (χ0n) is 10.4. The van der Waals surface area contributed by atoms with Gasteiger partial charge in [-0.3, -0.25) is 0 Å². The number of rotatable bonds is 3. The lowest BCUT2D eigenvalue weighted by atomic mass is 10.0. The lowest BCUT2D eigenvalue weighted by molar-refractivity contribution is -0.274. The maximum Gasteiger partial charge on any atom is 0.573 e. The molecule has 0 unspecified atom stereocenters. The van der Waals surface area contributed by atoms with E-state index in [1.807, 2.05) is 0 Å². The predicted molar refractivity (Wildman–Crippen MR) is 65.1 cm³/mol. The highest BCUT2D eigenvalue weighted by Crippen LogP contribution is 2.39. The summed E-state index contributed by atoms with van der Waals surface area (Å²) in [7, 11) is 1.31. The summed E-state index contributed by atoms with van der Waals surface area (Å²) in [6.07, 6.45) is -4.85. The molecule has 0 fully saturated rings. The first-order chi connectivity index (χ1) is 9.42. The summed E-state index contributed by atoms with van der Waals surface area (Å²) in [5.41, 5.74) is -0.102. The molecule has 0 aromatic heterocycles. The number of hydrogen-bond acceptors (Lipinski definition) is 2. The second kappa shape index (κ2) is 5.40. The molecule has 0 bridgehead atoms. The van der Waals surface area contributed by atoms with Crippen LogP contribution in [0.25, 0.3) is 11.1 Å². The number of benzene rings is 2. The molecular weight excluding hydrogens is 276 g/mol. The molecule has 0 heterocycles. The highest BCUT2D eigenvalue weighted by atomic mass is 19.4. The summed E-state index contributed by atoms with van der Waals surface area (Å²) >= 11 is 0. The van der Waals surface area contributed by atoms with Gasteiger partial charge in [-0.1, -0.05) is 24.3 Å². The Morgan fingerprint density at radius 2 is 1.55 bits per heavy atom. The standard InChI is InChI=1S/C14H10F4O2/c1-19-12-8-4-6-10(15)13(12)9-5-2-3-7-11(9)20-14(16,17)18/h2-8H,1H3. The number of halogens is 4. The van der Waals surface area contributed by atoms with Crippen LogP contribution in [0, 0.1) is 5.82 Å². The number of alkyl halides is 3. The molecule has 0 aliphatic carbocycles. The van der Waals surface area contributed by atoms with Gasteiger partial charge in [-0.2, -0.15) is 0 Å². The second-order valence-electron chi connectivity index (χ2n) is 3.86. The summed E-state index contributed by atoms with van der Waals surface area (Å²) in [6, 6.07) is 9.33. The van der Waals surface area contributed by atoms with Gasteiger partial charge in [0, 0.05) is 5.56 Å². The van der Waals surface area contributed by atoms with Gasteiger partial charge in [0.15, 0.2) is 0 Å². The molecule has 106 valence electrons. The molecule has 2 nitrogen and oxygen atoms in total. The van der Waals surface area contributed by atoms with Gasteiger partial charge in [0.1, 0.15) is 17.3 Å². The van der Waals surface area contributed by atoms with Crippen molar-refractivity contribution >= 4 is 0 Å². The van der Waals surface area contributed by atoms with E-state index in [-0.39, 0.29) is 16.9 Å². The van der Waals surface area contributed by atoms with Gasteiger partial charge in [-0.25, -0.2) is 4.39 Å². The molecule has 0 atom stereocenters. The van der Waals surface area contributed by atoms with Crippen LogP contribution < -0.4 is 9.47 Å². The Labute approximate surface area is 112 Å². The van der Waals surface area contributed by atoms with Crippen LogP contribution in [0.4, 0.5) is 17.6 Å². The Morgan fingerprint density at radius 1 is 0.900 bits per heavy atom. The molecule has 0 N–H and O–H groups in total. The normalized spacial score (nSPS) is 11.2. The maximum absolute atomic E-state index is 13.9. The van der Waals surface area contributed by atoms with Gasteiger partial charge in [0.05, 0.1) is 12.7 Å². The van der Waals surface area contributed by atoms with Gasteiger partial charge in [-0.05, 0) is 18.2 Å². The van der Waals surface area contributed by atoms with E-state index in [2.05, 4.69) is 4.74 Å². The van der Waals surface area contributed by atoms with Crippen molar-refractivity contribution in [1.82, 2.24) is 0 Å². The van der Waals surface area contributed by atoms with Crippen LogP contribution in [0.15, 0.2) is 42.5 Å². The highest BCUT2D eigenvalue weighted by molar-refractivity contribution is 5.76. The Kier molecular flexibility index (Phi) is 3.83. The molecule has 6 heteroatoms. The Bertz CT molecular complexity index is 608. The minimum absolute atomic E-state index is 0.0280. The molecule has 2 rings (SSSR count). The zero-order chi connectivity index (χ0) is 14.8. The van der Waals surface area contributed by atoms with Gasteiger partial charge in [-0.15, -0.1) is 13.2 Å². The molecule has 0 spiro atoms. The van der Waals surface area contributed by atoms with Gasteiger partial charge < -0.3 is 9.47 Å². The summed E-state index contributed by atoms with van der Waals surface area (Å²) in [5, 5.41) is 0. The van der Waals surface area contributed by atoms with Crippen LogP contribution in [-0.2, 0) is 0 Å². The number of methoxy groups -OCH3 is 1. The van der Waals surface area contributed by atoms with E-state index in [4.69, 9.17) is 4.74 Å². The maximum atomic E-state index is 13.9. The average molecular weight is 286 g/mol. The van der Waals surface area contributed by atoms with Gasteiger partial charge in [0.2, 0.25) is 0 Å². The molecule has 0 aliphatic rings. The van der Waals surface area contributed by atoms with Crippen molar-refractivity contribution in [2.24, 2.45) is 0 Å². The quantitative estimate of drug-likeness (QED) is 0.779. The smallest absolute Gasteiger partial charge is 0.496 e. The van der Waals surface area contributed by atoms with Crippen LogP contribution >= 0.6 is 0 Å². The summed E-state index contributed by atoms with van der Waals surface area (Å²) in [5.74, 6) is -1.05. The fourth-order valence-corrected chi connectivity index (χ4v) is 1.82. The van der Waals surface area contributed by atoms with E-state index in [0.717, 1.165) is 12.1 Å². The number of hydrogen-bond donors (Lipinski definition) is 0. The third kappa shape index (κ3) is 3.01. The van der Waals surface area contributed by atoms with Crippen molar-refractivity contribution in [2.75, 3.05) is 7.11 Å². The Balaban J connectivity index is 2.59. The number of para-hydroxylation sites is 1. The Hall–Kier alpha value is -2.24. The zero-order valence-corrected chi connectivity index (χ0v) is 10.4. The van der Waals surface area contributed by atoms with E-state index < -0.39 is 17.9 Å². The summed E-state index contributed by atoms with van der Waals surface area (Å²) in [6.45, 7) is 0. The first-order valence-corrected chi connectivity index (χ1v) is 5.60. The SMILES string of the molecule is COc1cccc(F)c1-c1ccccc1OC(F)(F)F. The molecule has 0 aliphatic heterocycles. The fraction of sp³-hybridized carbons (Fsp3) is 0.143. The van der Waals surface area contributed by atoms with E-state index >= 15 is 0 Å². The third-order valence-electron chi connectivity index (χ3n) is 2.58. The van der Waals surface area contributed by atoms with E-state index in [1.54, 1.807) is 0 Å². The van der Waals surface area contributed by atoms with E-state index in [1.165, 1.54) is 37.4 Å². The monoisotopic (exact) mass is 286 g/mol. The van der Waals surface area contributed by atoms with Crippen LogP contribution in [0.5, 0.6) is 11.5 Å². The van der Waals surface area contributed by atoms with Crippen molar-refractivity contribution in [2.45, 2.75) is 6.36 Å².